The number of hydrogen-bond donors (Lipinski definition) is 0. The fraction of sp³-hybridized carbons (Fsp3) is 0.263. The van der Waals surface area contributed by atoms with Gasteiger partial charge in [-0.1, -0.05) is 33.3 Å². The zero-order valence-corrected chi connectivity index (χ0v) is 20.2. The first-order chi connectivity index (χ1) is 13.1. The minimum absolute atomic E-state index is 0. The van der Waals surface area contributed by atoms with Crippen LogP contribution in [0.15, 0.2) is 51.8 Å². The van der Waals surface area contributed by atoms with Gasteiger partial charge in [0.2, 0.25) is 0 Å². The molecule has 1 heterocycles. The molecule has 29 heavy (non-hydrogen) atoms. The van der Waals surface area contributed by atoms with Crippen LogP contribution in [0.5, 0.6) is 0 Å². The summed E-state index contributed by atoms with van der Waals surface area (Å²) in [6, 6.07) is 12.1. The van der Waals surface area contributed by atoms with Crippen molar-refractivity contribution in [2.24, 2.45) is 0 Å². The van der Waals surface area contributed by atoms with Crippen molar-refractivity contribution < 1.29 is 13.2 Å². The van der Waals surface area contributed by atoms with Crippen LogP contribution < -0.4 is 4.90 Å². The maximum Gasteiger partial charge on any atom is 0.260 e. The molecule has 1 amide bonds. The number of fused-ring (bicyclic) bond motifs is 1. The summed E-state index contributed by atoms with van der Waals surface area (Å²) in [5.41, 5.74) is 1.23. The van der Waals surface area contributed by atoms with Gasteiger partial charge in [0.1, 0.15) is 0 Å². The van der Waals surface area contributed by atoms with E-state index in [1.54, 1.807) is 35.2 Å². The Hall–Kier alpha value is -1.52. The van der Waals surface area contributed by atoms with Crippen LogP contribution in [0.2, 0.25) is 0 Å². The molecule has 0 atom stereocenters. The second-order valence-corrected chi connectivity index (χ2v) is 10.6. The van der Waals surface area contributed by atoms with Crippen molar-refractivity contribution in [2.45, 2.75) is 4.90 Å². The fourth-order valence-corrected chi connectivity index (χ4v) is 4.75. The van der Waals surface area contributed by atoms with Crippen molar-refractivity contribution >= 4 is 70.8 Å². The molecule has 0 aliphatic carbocycles. The lowest BCUT2D eigenvalue weighted by Gasteiger charge is -2.22. The molecule has 1 aromatic heterocycles. The fourth-order valence-electron chi connectivity index (χ4n) is 2.60. The Morgan fingerprint density at radius 2 is 1.86 bits per heavy atom. The number of rotatable bonds is 6. The number of hydrogen-bond acceptors (Lipinski definition) is 6. The third-order valence-electron chi connectivity index (χ3n) is 4.10. The van der Waals surface area contributed by atoms with E-state index in [4.69, 9.17) is 0 Å². The number of carbonyl (C=O) groups excluding carboxylic acids is 1. The first-order valence-electron chi connectivity index (χ1n) is 8.48. The molecule has 6 nitrogen and oxygen atoms in total. The quantitative estimate of drug-likeness (QED) is 0.491. The van der Waals surface area contributed by atoms with Gasteiger partial charge in [-0.25, -0.2) is 13.4 Å². The van der Waals surface area contributed by atoms with E-state index in [9.17, 15) is 13.2 Å². The van der Waals surface area contributed by atoms with Gasteiger partial charge in [-0.3, -0.25) is 9.69 Å². The van der Waals surface area contributed by atoms with Gasteiger partial charge in [-0.2, -0.15) is 0 Å². The number of aromatic nitrogens is 1. The molecular weight excluding hydrogens is 498 g/mol. The number of thiazole rings is 1. The Bertz CT molecular complexity index is 1130. The molecule has 0 bridgehead atoms. The molecule has 156 valence electrons. The van der Waals surface area contributed by atoms with Crippen LogP contribution in [0.4, 0.5) is 5.13 Å². The van der Waals surface area contributed by atoms with E-state index in [1.807, 2.05) is 31.1 Å². The van der Waals surface area contributed by atoms with Crippen LogP contribution in [-0.4, -0.2) is 57.6 Å². The largest absolute Gasteiger partial charge is 0.308 e. The second-order valence-electron chi connectivity index (χ2n) is 6.67. The smallest absolute Gasteiger partial charge is 0.260 e. The van der Waals surface area contributed by atoms with Gasteiger partial charge in [0.05, 0.1) is 15.1 Å². The molecule has 0 saturated heterocycles. The molecule has 0 N–H and O–H groups in total. The van der Waals surface area contributed by atoms with Gasteiger partial charge in [0.15, 0.2) is 15.0 Å². The summed E-state index contributed by atoms with van der Waals surface area (Å²) >= 11 is 4.72. The lowest BCUT2D eigenvalue weighted by atomic mass is 10.2. The Balaban J connectivity index is 0.00000300. The van der Waals surface area contributed by atoms with Crippen LogP contribution in [0.3, 0.4) is 0 Å². The van der Waals surface area contributed by atoms with E-state index >= 15 is 0 Å². The Labute approximate surface area is 189 Å². The molecule has 10 heteroatoms. The zero-order chi connectivity index (χ0) is 20.5. The van der Waals surface area contributed by atoms with Crippen molar-refractivity contribution in [1.29, 1.82) is 0 Å². The van der Waals surface area contributed by atoms with Crippen molar-refractivity contribution in [2.75, 3.05) is 38.3 Å². The van der Waals surface area contributed by atoms with E-state index in [1.165, 1.54) is 17.6 Å². The number of halogens is 2. The topological polar surface area (TPSA) is 70.6 Å². The molecular formula is C19H21BrClN3O3S2. The number of carbonyl (C=O) groups is 1. The van der Waals surface area contributed by atoms with Gasteiger partial charge in [-0.05, 0) is 50.5 Å². The van der Waals surface area contributed by atoms with Crippen molar-refractivity contribution in [3.8, 4) is 0 Å². The van der Waals surface area contributed by atoms with Crippen LogP contribution >= 0.6 is 39.7 Å². The number of anilines is 1. The average molecular weight is 519 g/mol. The van der Waals surface area contributed by atoms with E-state index in [-0.39, 0.29) is 23.2 Å². The summed E-state index contributed by atoms with van der Waals surface area (Å²) < 4.78 is 25.2. The van der Waals surface area contributed by atoms with Gasteiger partial charge >= 0.3 is 0 Å². The molecule has 0 unspecified atom stereocenters. The van der Waals surface area contributed by atoms with Gasteiger partial charge in [0, 0.05) is 29.4 Å². The monoisotopic (exact) mass is 517 g/mol. The summed E-state index contributed by atoms with van der Waals surface area (Å²) in [7, 11) is 0.582. The lowest BCUT2D eigenvalue weighted by molar-refractivity contribution is 0.0985. The summed E-state index contributed by atoms with van der Waals surface area (Å²) in [5.74, 6) is -0.148. The molecule has 2 aromatic carbocycles. The normalized spacial score (nSPS) is 11.5. The van der Waals surface area contributed by atoms with Gasteiger partial charge in [0.25, 0.3) is 5.91 Å². The molecule has 0 aliphatic heterocycles. The molecule has 3 rings (SSSR count). The van der Waals surface area contributed by atoms with E-state index < -0.39 is 9.84 Å². The zero-order valence-electron chi connectivity index (χ0n) is 16.1. The lowest BCUT2D eigenvalue weighted by Crippen LogP contribution is -2.36. The van der Waals surface area contributed by atoms with Crippen molar-refractivity contribution in [3.05, 3.63) is 52.5 Å². The van der Waals surface area contributed by atoms with Gasteiger partial charge in [-0.15, -0.1) is 12.4 Å². The first-order valence-corrected chi connectivity index (χ1v) is 12.0. The summed E-state index contributed by atoms with van der Waals surface area (Å²) in [6.45, 7) is 1.14. The van der Waals surface area contributed by atoms with Crippen molar-refractivity contribution in [1.82, 2.24) is 9.88 Å². The maximum absolute atomic E-state index is 13.2. The van der Waals surface area contributed by atoms with Crippen LogP contribution in [0.1, 0.15) is 10.4 Å². The summed E-state index contributed by atoms with van der Waals surface area (Å²) in [6.07, 6.45) is 1.18. The van der Waals surface area contributed by atoms with Crippen LogP contribution in [0.25, 0.3) is 10.2 Å². The van der Waals surface area contributed by atoms with Crippen LogP contribution in [0, 0.1) is 0 Å². The maximum atomic E-state index is 13.2. The number of benzene rings is 2. The van der Waals surface area contributed by atoms with E-state index in [0.29, 0.717) is 29.3 Å². The number of sulfone groups is 1. The Morgan fingerprint density at radius 3 is 2.48 bits per heavy atom. The highest BCUT2D eigenvalue weighted by Crippen LogP contribution is 2.31. The number of likely N-dealkylation sites (N-methyl/N-ethyl adjacent to an activating group) is 1. The molecule has 0 fully saturated rings. The highest BCUT2D eigenvalue weighted by Gasteiger charge is 2.22. The molecule has 0 saturated carbocycles. The standard InChI is InChI=1S/C19H20BrN3O3S2.ClH/c1-22(2)9-10-23(18(24)13-5-4-6-14(20)11-13)19-21-16-8-7-15(28(3,25)26)12-17(16)27-19;/h4-8,11-12H,9-10H2,1-3H3;1H. The highest BCUT2D eigenvalue weighted by atomic mass is 79.9. The van der Waals surface area contributed by atoms with E-state index in [2.05, 4.69) is 20.9 Å². The highest BCUT2D eigenvalue weighted by molar-refractivity contribution is 9.10. The predicted octanol–water partition coefficient (Wildman–Crippen LogP) is 4.09. The predicted molar refractivity (Wildman–Crippen MR) is 124 cm³/mol. The molecule has 3 aromatic rings. The average Bonchev–Trinajstić information content (AvgIpc) is 3.03. The third-order valence-corrected chi connectivity index (χ3v) is 6.74. The number of amides is 1. The molecule has 0 aliphatic rings. The summed E-state index contributed by atoms with van der Waals surface area (Å²) in [5, 5.41) is 0.549. The third kappa shape index (κ3) is 5.76. The van der Waals surface area contributed by atoms with Crippen LogP contribution in [-0.2, 0) is 9.84 Å². The summed E-state index contributed by atoms with van der Waals surface area (Å²) in [4.78, 5) is 21.6. The molecule has 0 radical (unpaired) electrons. The first kappa shape index (κ1) is 23.8. The Morgan fingerprint density at radius 1 is 1.14 bits per heavy atom. The van der Waals surface area contributed by atoms with Crippen molar-refractivity contribution in [3.63, 3.8) is 0 Å². The minimum atomic E-state index is -3.30. The number of nitrogens with zero attached hydrogens (tertiary/aromatic N) is 3. The van der Waals surface area contributed by atoms with Gasteiger partial charge < -0.3 is 4.90 Å². The molecule has 0 spiro atoms. The minimum Gasteiger partial charge on any atom is -0.308 e. The van der Waals surface area contributed by atoms with E-state index in [0.717, 1.165) is 9.17 Å². The Kier molecular flexibility index (Phi) is 7.80. The SMILES string of the molecule is CN(C)CCN(C(=O)c1cccc(Br)c1)c1nc2ccc(S(C)(=O)=O)cc2s1.Cl. The second kappa shape index (κ2) is 9.53.